The van der Waals surface area contributed by atoms with Crippen LogP contribution in [0.5, 0.6) is 0 Å². The van der Waals surface area contributed by atoms with Crippen LogP contribution in [0.1, 0.15) is 23.4 Å². The standard InChI is InChI=1S/C12H16N6O3/c1-8(7-18-5-3-4-15-18)11(19)14-6-9-16-10(17-21-9)12(20)13-2/h3-5,8H,6-7H2,1-2H3,(H,13,20)(H,14,19). The fraction of sp³-hybridized carbons (Fsp3) is 0.417. The average molecular weight is 292 g/mol. The van der Waals surface area contributed by atoms with Crippen molar-refractivity contribution in [3.63, 3.8) is 0 Å². The summed E-state index contributed by atoms with van der Waals surface area (Å²) in [5.74, 6) is -0.751. The van der Waals surface area contributed by atoms with Gasteiger partial charge >= 0.3 is 0 Å². The van der Waals surface area contributed by atoms with Crippen LogP contribution in [-0.4, -0.2) is 38.8 Å². The lowest BCUT2D eigenvalue weighted by atomic mass is 10.1. The number of carbonyl (C=O) groups is 2. The number of hydrogen-bond acceptors (Lipinski definition) is 6. The summed E-state index contributed by atoms with van der Waals surface area (Å²) >= 11 is 0. The lowest BCUT2D eigenvalue weighted by molar-refractivity contribution is -0.125. The third-order valence-corrected chi connectivity index (χ3v) is 2.78. The van der Waals surface area contributed by atoms with E-state index in [0.717, 1.165) is 0 Å². The molecular formula is C12H16N6O3. The molecule has 0 radical (unpaired) electrons. The number of nitrogens with one attached hydrogen (secondary N) is 2. The summed E-state index contributed by atoms with van der Waals surface area (Å²) in [6.07, 6.45) is 3.45. The molecule has 0 aliphatic heterocycles. The molecule has 0 fully saturated rings. The summed E-state index contributed by atoms with van der Waals surface area (Å²) in [6, 6.07) is 1.80. The van der Waals surface area contributed by atoms with E-state index >= 15 is 0 Å². The minimum atomic E-state index is -0.441. The van der Waals surface area contributed by atoms with Crippen molar-refractivity contribution in [1.29, 1.82) is 0 Å². The summed E-state index contributed by atoms with van der Waals surface area (Å²) < 4.78 is 6.55. The van der Waals surface area contributed by atoms with Crippen LogP contribution in [0.25, 0.3) is 0 Å². The van der Waals surface area contributed by atoms with Gasteiger partial charge in [-0.15, -0.1) is 0 Å². The number of amides is 2. The van der Waals surface area contributed by atoms with Crippen molar-refractivity contribution < 1.29 is 14.1 Å². The number of aromatic nitrogens is 4. The Hall–Kier alpha value is -2.71. The molecule has 0 spiro atoms. The molecule has 2 rings (SSSR count). The Morgan fingerprint density at radius 2 is 2.29 bits per heavy atom. The molecule has 2 N–H and O–H groups in total. The largest absolute Gasteiger partial charge is 0.352 e. The van der Waals surface area contributed by atoms with Gasteiger partial charge in [0.15, 0.2) is 0 Å². The predicted octanol–water partition coefficient (Wildman–Crippen LogP) is -0.422. The molecule has 0 aliphatic carbocycles. The lowest BCUT2D eigenvalue weighted by Gasteiger charge is -2.10. The van der Waals surface area contributed by atoms with Crippen molar-refractivity contribution in [2.45, 2.75) is 20.0 Å². The number of nitrogens with zero attached hydrogens (tertiary/aromatic N) is 4. The van der Waals surface area contributed by atoms with Crippen LogP contribution < -0.4 is 10.6 Å². The average Bonchev–Trinajstić information content (AvgIpc) is 3.15. The summed E-state index contributed by atoms with van der Waals surface area (Å²) in [5.41, 5.74) is 0. The van der Waals surface area contributed by atoms with Crippen LogP contribution in [0.3, 0.4) is 0 Å². The van der Waals surface area contributed by atoms with Gasteiger partial charge in [0.2, 0.25) is 11.8 Å². The maximum Gasteiger partial charge on any atom is 0.292 e. The smallest absolute Gasteiger partial charge is 0.292 e. The van der Waals surface area contributed by atoms with E-state index < -0.39 is 5.91 Å². The Morgan fingerprint density at radius 3 is 2.95 bits per heavy atom. The molecule has 21 heavy (non-hydrogen) atoms. The molecule has 1 unspecified atom stereocenters. The zero-order valence-corrected chi connectivity index (χ0v) is 11.7. The monoisotopic (exact) mass is 292 g/mol. The zero-order chi connectivity index (χ0) is 15.2. The van der Waals surface area contributed by atoms with Crippen molar-refractivity contribution in [2.24, 2.45) is 5.92 Å². The molecule has 0 saturated carbocycles. The highest BCUT2D eigenvalue weighted by Gasteiger charge is 2.16. The fourth-order valence-electron chi connectivity index (χ4n) is 1.64. The molecular weight excluding hydrogens is 276 g/mol. The molecule has 2 aromatic rings. The van der Waals surface area contributed by atoms with E-state index in [0.29, 0.717) is 6.54 Å². The third kappa shape index (κ3) is 3.88. The summed E-state index contributed by atoms with van der Waals surface area (Å²) in [6.45, 7) is 2.35. The topological polar surface area (TPSA) is 115 Å². The summed E-state index contributed by atoms with van der Waals surface area (Å²) in [5, 5.41) is 12.6. The van der Waals surface area contributed by atoms with Crippen molar-refractivity contribution in [2.75, 3.05) is 7.05 Å². The second kappa shape index (κ2) is 6.64. The molecule has 2 heterocycles. The van der Waals surface area contributed by atoms with Crippen LogP contribution in [0, 0.1) is 5.92 Å². The van der Waals surface area contributed by atoms with Crippen LogP contribution in [0.2, 0.25) is 0 Å². The van der Waals surface area contributed by atoms with Crippen LogP contribution in [0.4, 0.5) is 0 Å². The first-order valence-electron chi connectivity index (χ1n) is 6.40. The van der Waals surface area contributed by atoms with Crippen molar-refractivity contribution in [3.05, 3.63) is 30.2 Å². The zero-order valence-electron chi connectivity index (χ0n) is 11.7. The quantitative estimate of drug-likeness (QED) is 0.747. The van der Waals surface area contributed by atoms with Gasteiger partial charge in [0.25, 0.3) is 11.7 Å². The van der Waals surface area contributed by atoms with Gasteiger partial charge in [-0.1, -0.05) is 12.1 Å². The Kier molecular flexibility index (Phi) is 4.64. The maximum absolute atomic E-state index is 11.9. The molecule has 9 nitrogen and oxygen atoms in total. The van der Waals surface area contributed by atoms with Crippen molar-refractivity contribution >= 4 is 11.8 Å². The van der Waals surface area contributed by atoms with E-state index in [-0.39, 0.29) is 30.1 Å². The van der Waals surface area contributed by atoms with Crippen LogP contribution >= 0.6 is 0 Å². The van der Waals surface area contributed by atoms with Crippen LogP contribution in [0.15, 0.2) is 23.0 Å². The predicted molar refractivity (Wildman–Crippen MR) is 70.9 cm³/mol. The van der Waals surface area contributed by atoms with Gasteiger partial charge in [0.1, 0.15) is 0 Å². The molecule has 2 aromatic heterocycles. The van der Waals surface area contributed by atoms with Gasteiger partial charge in [0.05, 0.1) is 19.0 Å². The first kappa shape index (κ1) is 14.7. The Balaban J connectivity index is 1.83. The third-order valence-electron chi connectivity index (χ3n) is 2.78. The van der Waals surface area contributed by atoms with Crippen LogP contribution in [-0.2, 0) is 17.9 Å². The fourth-order valence-corrected chi connectivity index (χ4v) is 1.64. The number of rotatable bonds is 6. The summed E-state index contributed by atoms with van der Waals surface area (Å²) in [7, 11) is 1.47. The molecule has 0 bridgehead atoms. The Bertz CT molecular complexity index is 606. The van der Waals surface area contributed by atoms with E-state index in [1.165, 1.54) is 7.05 Å². The SMILES string of the molecule is CNC(=O)c1noc(CNC(=O)C(C)Cn2cccn2)n1. The van der Waals surface area contributed by atoms with Gasteiger partial charge in [-0.2, -0.15) is 10.1 Å². The molecule has 0 aromatic carbocycles. The number of carbonyl (C=O) groups excluding carboxylic acids is 2. The first-order chi connectivity index (χ1) is 10.1. The molecule has 9 heteroatoms. The maximum atomic E-state index is 11.9. The molecule has 2 amide bonds. The lowest BCUT2D eigenvalue weighted by Crippen LogP contribution is -2.31. The van der Waals surface area contributed by atoms with Crippen molar-refractivity contribution in [1.82, 2.24) is 30.6 Å². The van der Waals surface area contributed by atoms with E-state index in [1.807, 2.05) is 0 Å². The first-order valence-corrected chi connectivity index (χ1v) is 6.40. The highest BCUT2D eigenvalue weighted by molar-refractivity contribution is 5.89. The minimum Gasteiger partial charge on any atom is -0.352 e. The second-order valence-electron chi connectivity index (χ2n) is 4.44. The highest BCUT2D eigenvalue weighted by Crippen LogP contribution is 2.02. The van der Waals surface area contributed by atoms with E-state index in [2.05, 4.69) is 25.9 Å². The Morgan fingerprint density at radius 1 is 1.48 bits per heavy atom. The second-order valence-corrected chi connectivity index (χ2v) is 4.44. The van der Waals surface area contributed by atoms with E-state index in [4.69, 9.17) is 4.52 Å². The molecule has 0 aliphatic rings. The highest BCUT2D eigenvalue weighted by atomic mass is 16.5. The van der Waals surface area contributed by atoms with Gasteiger partial charge in [-0.05, 0) is 6.07 Å². The normalized spacial score (nSPS) is 11.9. The summed E-state index contributed by atoms with van der Waals surface area (Å²) in [4.78, 5) is 27.0. The Labute approximate surface area is 120 Å². The minimum absolute atomic E-state index is 0.0636. The molecule has 0 saturated heterocycles. The van der Waals surface area contributed by atoms with E-state index in [1.54, 1.807) is 30.1 Å². The van der Waals surface area contributed by atoms with E-state index in [9.17, 15) is 9.59 Å². The molecule has 1 atom stereocenters. The van der Waals surface area contributed by atoms with Gasteiger partial charge < -0.3 is 15.2 Å². The van der Waals surface area contributed by atoms with Crippen molar-refractivity contribution in [3.8, 4) is 0 Å². The van der Waals surface area contributed by atoms with Gasteiger partial charge in [-0.25, -0.2) is 0 Å². The number of hydrogen-bond donors (Lipinski definition) is 2. The van der Waals surface area contributed by atoms with Gasteiger partial charge in [0, 0.05) is 19.4 Å². The van der Waals surface area contributed by atoms with Gasteiger partial charge in [-0.3, -0.25) is 14.3 Å². The molecule has 112 valence electrons.